The molecule has 0 fully saturated rings. The summed E-state index contributed by atoms with van der Waals surface area (Å²) >= 11 is 7.27. The van der Waals surface area contributed by atoms with Gasteiger partial charge in [-0.2, -0.15) is 13.2 Å². The van der Waals surface area contributed by atoms with E-state index < -0.39 is 17.7 Å². The van der Waals surface area contributed by atoms with Crippen molar-refractivity contribution in [3.05, 3.63) is 94.3 Å². The van der Waals surface area contributed by atoms with Gasteiger partial charge in [0.2, 0.25) is 5.90 Å². The van der Waals surface area contributed by atoms with Crippen molar-refractivity contribution >= 4 is 41.3 Å². The van der Waals surface area contributed by atoms with Gasteiger partial charge in [0.1, 0.15) is 5.03 Å². The summed E-state index contributed by atoms with van der Waals surface area (Å²) < 4.78 is 43.4. The number of alkyl halides is 3. The van der Waals surface area contributed by atoms with Crippen LogP contribution < -0.4 is 0 Å². The molecule has 156 valence electrons. The van der Waals surface area contributed by atoms with E-state index in [0.29, 0.717) is 21.2 Å². The van der Waals surface area contributed by atoms with E-state index in [2.05, 4.69) is 9.98 Å². The number of carbonyl (C=O) groups excluding carboxylic acids is 1. The van der Waals surface area contributed by atoms with E-state index in [0.717, 1.165) is 17.0 Å². The van der Waals surface area contributed by atoms with Gasteiger partial charge in [0.05, 0.1) is 11.1 Å². The Balaban J connectivity index is 1.61. The zero-order valence-corrected chi connectivity index (χ0v) is 17.1. The average molecular weight is 461 g/mol. The number of pyridine rings is 1. The molecule has 4 rings (SSSR count). The summed E-state index contributed by atoms with van der Waals surface area (Å²) in [5.74, 6) is -0.617. The molecule has 0 spiro atoms. The summed E-state index contributed by atoms with van der Waals surface area (Å²) in [5, 5.41) is 1.19. The molecule has 31 heavy (non-hydrogen) atoms. The maximum absolute atomic E-state index is 12.7. The highest BCUT2D eigenvalue weighted by Crippen LogP contribution is 2.32. The van der Waals surface area contributed by atoms with Gasteiger partial charge in [0.25, 0.3) is 0 Å². The van der Waals surface area contributed by atoms with Crippen molar-refractivity contribution < 1.29 is 22.7 Å². The second kappa shape index (κ2) is 8.56. The number of cyclic esters (lactones) is 1. The second-order valence-electron chi connectivity index (χ2n) is 6.37. The van der Waals surface area contributed by atoms with Crippen LogP contribution in [0, 0.1) is 0 Å². The number of halogens is 4. The fraction of sp³-hybridized carbons (Fsp3) is 0.0455. The zero-order valence-electron chi connectivity index (χ0n) is 15.6. The minimum Gasteiger partial charge on any atom is -0.402 e. The number of rotatable bonds is 4. The van der Waals surface area contributed by atoms with Crippen LogP contribution in [0.2, 0.25) is 5.02 Å². The summed E-state index contributed by atoms with van der Waals surface area (Å²) in [6, 6.07) is 15.0. The number of aromatic nitrogens is 1. The summed E-state index contributed by atoms with van der Waals surface area (Å²) in [5.41, 5.74) is 0.131. The summed E-state index contributed by atoms with van der Waals surface area (Å²) in [6.45, 7) is 0. The Hall–Kier alpha value is -3.10. The Kier molecular flexibility index (Phi) is 5.84. The van der Waals surface area contributed by atoms with E-state index in [1.165, 1.54) is 30.0 Å². The highest BCUT2D eigenvalue weighted by atomic mass is 35.5. The summed E-state index contributed by atoms with van der Waals surface area (Å²) in [6.07, 6.45) is -1.45. The second-order valence-corrected chi connectivity index (χ2v) is 7.87. The molecule has 0 radical (unpaired) electrons. The third-order valence-corrected chi connectivity index (χ3v) is 5.47. The monoisotopic (exact) mass is 460 g/mol. The van der Waals surface area contributed by atoms with E-state index in [1.54, 1.807) is 30.5 Å². The lowest BCUT2D eigenvalue weighted by molar-refractivity contribution is -0.137. The zero-order chi connectivity index (χ0) is 22.0. The number of esters is 1. The van der Waals surface area contributed by atoms with Crippen LogP contribution in [0.4, 0.5) is 13.2 Å². The number of aliphatic imine (C=N–C) groups is 1. The number of hydrogen-bond donors (Lipinski definition) is 0. The third-order valence-electron chi connectivity index (χ3n) is 4.19. The van der Waals surface area contributed by atoms with Crippen molar-refractivity contribution in [3.8, 4) is 0 Å². The molecular weight excluding hydrogens is 449 g/mol. The van der Waals surface area contributed by atoms with Crippen LogP contribution in [0.25, 0.3) is 6.08 Å². The molecule has 0 amide bonds. The standard InChI is InChI=1S/C22H12ClF3N2O2S/c23-15-7-9-16(10-8-15)31-20-17(2-1-11-27-20)19-28-18(21(29)30-19)12-13-3-5-14(6-4-13)22(24,25)26/h1-12H/b18-12+. The normalized spacial score (nSPS) is 15.2. The first-order chi connectivity index (χ1) is 14.8. The van der Waals surface area contributed by atoms with E-state index in [1.807, 2.05) is 12.1 Å². The van der Waals surface area contributed by atoms with Crippen molar-refractivity contribution in [1.29, 1.82) is 0 Å². The highest BCUT2D eigenvalue weighted by molar-refractivity contribution is 7.99. The molecule has 0 aliphatic carbocycles. The Labute approximate surface area is 184 Å². The predicted octanol–water partition coefficient (Wildman–Crippen LogP) is 6.25. The van der Waals surface area contributed by atoms with E-state index in [9.17, 15) is 18.0 Å². The van der Waals surface area contributed by atoms with Gasteiger partial charge in [-0.05, 0) is 60.2 Å². The van der Waals surface area contributed by atoms with Gasteiger partial charge in [-0.25, -0.2) is 14.8 Å². The van der Waals surface area contributed by atoms with E-state index in [4.69, 9.17) is 16.3 Å². The molecule has 3 aromatic rings. The average Bonchev–Trinajstić information content (AvgIpc) is 3.10. The van der Waals surface area contributed by atoms with Crippen molar-refractivity contribution in [3.63, 3.8) is 0 Å². The van der Waals surface area contributed by atoms with Gasteiger partial charge < -0.3 is 4.74 Å². The van der Waals surface area contributed by atoms with Gasteiger partial charge >= 0.3 is 12.1 Å². The number of hydrogen-bond acceptors (Lipinski definition) is 5. The number of ether oxygens (including phenoxy) is 1. The molecule has 0 N–H and O–H groups in total. The first-order valence-corrected chi connectivity index (χ1v) is 10.1. The molecular formula is C22H12ClF3N2O2S. The maximum Gasteiger partial charge on any atom is 0.416 e. The first-order valence-electron chi connectivity index (χ1n) is 8.88. The molecule has 1 aromatic heterocycles. The Bertz CT molecular complexity index is 1190. The Morgan fingerprint density at radius 3 is 2.39 bits per heavy atom. The molecule has 9 heteroatoms. The third kappa shape index (κ3) is 4.98. The molecule has 0 saturated carbocycles. The van der Waals surface area contributed by atoms with Crippen LogP contribution in [-0.4, -0.2) is 16.9 Å². The van der Waals surface area contributed by atoms with Crippen molar-refractivity contribution in [2.24, 2.45) is 4.99 Å². The topological polar surface area (TPSA) is 51.5 Å². The molecule has 4 nitrogen and oxygen atoms in total. The van der Waals surface area contributed by atoms with Gasteiger partial charge in [0.15, 0.2) is 5.70 Å². The summed E-state index contributed by atoms with van der Waals surface area (Å²) in [7, 11) is 0. The molecule has 0 atom stereocenters. The minimum atomic E-state index is -4.43. The van der Waals surface area contributed by atoms with Crippen LogP contribution in [0.3, 0.4) is 0 Å². The molecule has 0 saturated heterocycles. The largest absolute Gasteiger partial charge is 0.416 e. The minimum absolute atomic E-state index is 0.0129. The van der Waals surface area contributed by atoms with Gasteiger partial charge in [-0.15, -0.1) is 0 Å². The van der Waals surface area contributed by atoms with Crippen LogP contribution in [0.1, 0.15) is 16.7 Å². The predicted molar refractivity (Wildman–Crippen MR) is 112 cm³/mol. The molecule has 2 aromatic carbocycles. The summed E-state index contributed by atoms with van der Waals surface area (Å²) in [4.78, 5) is 21.7. The maximum atomic E-state index is 12.7. The number of benzene rings is 2. The first kappa shape index (κ1) is 21.1. The highest BCUT2D eigenvalue weighted by Gasteiger charge is 2.30. The number of carbonyl (C=O) groups is 1. The van der Waals surface area contributed by atoms with Gasteiger partial charge in [-0.1, -0.05) is 35.5 Å². The van der Waals surface area contributed by atoms with Crippen molar-refractivity contribution in [1.82, 2.24) is 4.98 Å². The van der Waals surface area contributed by atoms with Crippen LogP contribution in [-0.2, 0) is 15.7 Å². The van der Waals surface area contributed by atoms with Crippen LogP contribution in [0.5, 0.6) is 0 Å². The van der Waals surface area contributed by atoms with Crippen LogP contribution >= 0.6 is 23.4 Å². The SMILES string of the molecule is O=C1OC(c2cccnc2Sc2ccc(Cl)cc2)=N/C1=C/c1ccc(C(F)(F)F)cc1. The quantitative estimate of drug-likeness (QED) is 0.341. The molecule has 2 heterocycles. The lowest BCUT2D eigenvalue weighted by Crippen LogP contribution is -2.07. The Morgan fingerprint density at radius 2 is 1.71 bits per heavy atom. The smallest absolute Gasteiger partial charge is 0.402 e. The lowest BCUT2D eigenvalue weighted by atomic mass is 10.1. The fourth-order valence-electron chi connectivity index (χ4n) is 2.70. The Morgan fingerprint density at radius 1 is 1.00 bits per heavy atom. The number of nitrogens with zero attached hydrogens (tertiary/aromatic N) is 2. The molecule has 1 aliphatic rings. The molecule has 0 unspecified atom stereocenters. The molecule has 1 aliphatic heterocycles. The van der Waals surface area contributed by atoms with Crippen molar-refractivity contribution in [2.75, 3.05) is 0 Å². The fourth-order valence-corrected chi connectivity index (χ4v) is 3.70. The van der Waals surface area contributed by atoms with E-state index in [-0.39, 0.29) is 11.6 Å². The van der Waals surface area contributed by atoms with Gasteiger partial charge in [-0.3, -0.25) is 0 Å². The van der Waals surface area contributed by atoms with Crippen molar-refractivity contribution in [2.45, 2.75) is 16.1 Å². The van der Waals surface area contributed by atoms with E-state index >= 15 is 0 Å². The lowest BCUT2D eigenvalue weighted by Gasteiger charge is -2.06. The van der Waals surface area contributed by atoms with Crippen LogP contribution in [0.15, 0.2) is 87.5 Å². The molecule has 0 bridgehead atoms. The van der Waals surface area contributed by atoms with Gasteiger partial charge in [0, 0.05) is 16.1 Å².